The minimum Gasteiger partial charge on any atom is -0.377 e. The molecule has 0 radical (unpaired) electrons. The summed E-state index contributed by atoms with van der Waals surface area (Å²) in [4.78, 5) is 0. The molecule has 6 atom stereocenters. The van der Waals surface area contributed by atoms with E-state index in [1.807, 2.05) is 7.11 Å². The molecule has 19 heavy (non-hydrogen) atoms. The van der Waals surface area contributed by atoms with E-state index in [1.54, 1.807) is 5.57 Å². The summed E-state index contributed by atoms with van der Waals surface area (Å²) in [7, 11) is 1.93. The smallest absolute Gasteiger partial charge is 0.0777 e. The van der Waals surface area contributed by atoms with Gasteiger partial charge in [0.1, 0.15) is 0 Å². The normalized spacial score (nSPS) is 51.2. The van der Waals surface area contributed by atoms with Crippen molar-refractivity contribution < 1.29 is 4.74 Å². The van der Waals surface area contributed by atoms with Crippen molar-refractivity contribution in [1.29, 1.82) is 5.26 Å². The van der Waals surface area contributed by atoms with Crippen LogP contribution in [0.5, 0.6) is 0 Å². The molecule has 2 nitrogen and oxygen atoms in total. The summed E-state index contributed by atoms with van der Waals surface area (Å²) < 4.78 is 6.20. The maximum atomic E-state index is 9.54. The third kappa shape index (κ3) is 1.57. The lowest BCUT2D eigenvalue weighted by Gasteiger charge is -2.46. The minimum atomic E-state index is 0.0887. The quantitative estimate of drug-likeness (QED) is 0.671. The molecule has 0 saturated heterocycles. The van der Waals surface area contributed by atoms with Gasteiger partial charge in [-0.15, -0.1) is 0 Å². The molecule has 0 aromatic rings. The first kappa shape index (κ1) is 12.0. The van der Waals surface area contributed by atoms with Crippen molar-refractivity contribution in [3.63, 3.8) is 0 Å². The number of nitriles is 1. The topological polar surface area (TPSA) is 33.0 Å². The van der Waals surface area contributed by atoms with E-state index >= 15 is 0 Å². The molecule has 0 aromatic heterocycles. The third-order valence-corrected chi connectivity index (χ3v) is 6.41. The molecule has 0 aromatic carbocycles. The minimum absolute atomic E-state index is 0.0887. The summed E-state index contributed by atoms with van der Waals surface area (Å²) in [5.41, 5.74) is 1.65. The zero-order chi connectivity index (χ0) is 13.0. The Kier molecular flexibility index (Phi) is 2.58. The Labute approximate surface area is 115 Å². The second-order valence-corrected chi connectivity index (χ2v) is 7.16. The number of methoxy groups -OCH3 is 1. The van der Waals surface area contributed by atoms with E-state index in [0.29, 0.717) is 11.8 Å². The Hall–Kier alpha value is -0.810. The lowest BCUT2D eigenvalue weighted by molar-refractivity contribution is -0.103. The highest BCUT2D eigenvalue weighted by molar-refractivity contribution is 5.27. The first-order valence-electron chi connectivity index (χ1n) is 7.94. The van der Waals surface area contributed by atoms with Gasteiger partial charge in [-0.2, -0.15) is 5.26 Å². The number of hydrogen-bond acceptors (Lipinski definition) is 2. The monoisotopic (exact) mass is 257 g/mol. The summed E-state index contributed by atoms with van der Waals surface area (Å²) in [5.74, 6) is 2.95. The van der Waals surface area contributed by atoms with Crippen LogP contribution in [0.15, 0.2) is 11.6 Å². The van der Waals surface area contributed by atoms with Crippen molar-refractivity contribution in [3.8, 4) is 6.07 Å². The van der Waals surface area contributed by atoms with Gasteiger partial charge in [0.15, 0.2) is 0 Å². The molecule has 102 valence electrons. The van der Waals surface area contributed by atoms with E-state index in [4.69, 9.17) is 4.74 Å². The van der Waals surface area contributed by atoms with Crippen LogP contribution in [0.4, 0.5) is 0 Å². The first-order chi connectivity index (χ1) is 9.28. The highest BCUT2D eigenvalue weighted by atomic mass is 16.5. The zero-order valence-corrected chi connectivity index (χ0v) is 11.8. The van der Waals surface area contributed by atoms with Gasteiger partial charge in [-0.05, 0) is 56.3 Å². The van der Waals surface area contributed by atoms with Crippen LogP contribution in [0, 0.1) is 40.9 Å². The summed E-state index contributed by atoms with van der Waals surface area (Å²) in [6, 6.07) is 2.58. The Morgan fingerprint density at radius 2 is 2.21 bits per heavy atom. The molecule has 0 heterocycles. The van der Waals surface area contributed by atoms with E-state index in [0.717, 1.165) is 18.3 Å². The zero-order valence-electron chi connectivity index (χ0n) is 11.8. The Morgan fingerprint density at radius 3 is 3.00 bits per heavy atom. The lowest BCUT2D eigenvalue weighted by atomic mass is 9.66. The number of fused-ring (bicyclic) bond motifs is 6. The Balaban J connectivity index is 1.81. The molecule has 3 saturated carbocycles. The van der Waals surface area contributed by atoms with Gasteiger partial charge in [-0.3, -0.25) is 0 Å². The number of nitrogens with zero attached hydrogens (tertiary/aromatic N) is 1. The number of ether oxygens (including phenoxy) is 1. The van der Waals surface area contributed by atoms with E-state index in [1.165, 1.54) is 38.5 Å². The van der Waals surface area contributed by atoms with Crippen molar-refractivity contribution in [2.75, 3.05) is 7.11 Å². The fourth-order valence-electron chi connectivity index (χ4n) is 5.50. The molecule has 0 unspecified atom stereocenters. The van der Waals surface area contributed by atoms with Crippen LogP contribution in [0.3, 0.4) is 0 Å². The van der Waals surface area contributed by atoms with Gasteiger partial charge < -0.3 is 4.74 Å². The summed E-state index contributed by atoms with van der Waals surface area (Å²) in [5, 5.41) is 9.54. The molecule has 2 heteroatoms. The van der Waals surface area contributed by atoms with Gasteiger partial charge >= 0.3 is 0 Å². The number of hydrogen-bond donors (Lipinski definition) is 0. The van der Waals surface area contributed by atoms with E-state index in [-0.39, 0.29) is 11.5 Å². The van der Waals surface area contributed by atoms with E-state index in [2.05, 4.69) is 12.1 Å². The van der Waals surface area contributed by atoms with Crippen LogP contribution in [0.25, 0.3) is 0 Å². The van der Waals surface area contributed by atoms with Gasteiger partial charge in [0.05, 0.1) is 17.6 Å². The number of allylic oxidation sites excluding steroid dienone is 1. The van der Waals surface area contributed by atoms with Crippen molar-refractivity contribution in [2.24, 2.45) is 29.6 Å². The van der Waals surface area contributed by atoms with Gasteiger partial charge in [0.2, 0.25) is 0 Å². The van der Waals surface area contributed by atoms with Crippen LogP contribution in [0.1, 0.15) is 44.9 Å². The molecular weight excluding hydrogens is 234 g/mol. The summed E-state index contributed by atoms with van der Waals surface area (Å²) in [6.07, 6.45) is 11.2. The fraction of sp³-hybridized carbons (Fsp3) is 0.824. The largest absolute Gasteiger partial charge is 0.377 e. The van der Waals surface area contributed by atoms with Crippen LogP contribution in [0.2, 0.25) is 0 Å². The van der Waals surface area contributed by atoms with Gasteiger partial charge in [0, 0.05) is 13.0 Å². The van der Waals surface area contributed by atoms with Crippen molar-refractivity contribution in [3.05, 3.63) is 11.6 Å². The maximum absolute atomic E-state index is 9.54. The molecule has 2 bridgehead atoms. The van der Waals surface area contributed by atoms with Crippen molar-refractivity contribution in [1.82, 2.24) is 0 Å². The first-order valence-corrected chi connectivity index (χ1v) is 7.94. The molecule has 4 aliphatic carbocycles. The van der Waals surface area contributed by atoms with E-state index in [9.17, 15) is 5.26 Å². The number of rotatable bonds is 1. The molecule has 0 N–H and O–H groups in total. The Morgan fingerprint density at radius 1 is 1.32 bits per heavy atom. The Bertz CT molecular complexity index is 462. The molecule has 0 spiro atoms. The SMILES string of the molecule is CO[C@@]12C[C@@H](C[C@H]3C[C@H]31)[C@H](C#N)C=C1CCCC[C@@H]12. The lowest BCUT2D eigenvalue weighted by Crippen LogP contribution is -2.47. The molecule has 3 fully saturated rings. The average molecular weight is 257 g/mol. The third-order valence-electron chi connectivity index (χ3n) is 6.41. The fourth-order valence-corrected chi connectivity index (χ4v) is 5.50. The van der Waals surface area contributed by atoms with Crippen LogP contribution in [-0.2, 0) is 4.74 Å². The standard InChI is InChI=1S/C17H23NO/c1-19-17-9-13(7-12-8-16(12)17)14(10-18)6-11-4-2-3-5-15(11)17/h6,12-16H,2-5,7-9H2,1H3/t12-,13+,14-,15-,16+,17+/m0/s1. The van der Waals surface area contributed by atoms with Crippen LogP contribution < -0.4 is 0 Å². The van der Waals surface area contributed by atoms with Crippen LogP contribution >= 0.6 is 0 Å². The van der Waals surface area contributed by atoms with Gasteiger partial charge in [-0.1, -0.05) is 18.1 Å². The summed E-state index contributed by atoms with van der Waals surface area (Å²) in [6.45, 7) is 0. The average Bonchev–Trinajstić information content (AvgIpc) is 3.24. The highest BCUT2D eigenvalue weighted by Gasteiger charge is 2.63. The summed E-state index contributed by atoms with van der Waals surface area (Å²) >= 11 is 0. The van der Waals surface area contributed by atoms with Crippen molar-refractivity contribution in [2.45, 2.75) is 50.5 Å². The molecule has 4 aliphatic rings. The van der Waals surface area contributed by atoms with Crippen LogP contribution in [-0.4, -0.2) is 12.7 Å². The van der Waals surface area contributed by atoms with Crippen molar-refractivity contribution >= 4 is 0 Å². The molecule has 4 rings (SSSR count). The maximum Gasteiger partial charge on any atom is 0.0777 e. The predicted octanol–water partition coefficient (Wildman–Crippen LogP) is 3.69. The molecule has 0 amide bonds. The molecular formula is C17H23NO. The van der Waals surface area contributed by atoms with Gasteiger partial charge in [-0.25, -0.2) is 0 Å². The predicted molar refractivity (Wildman–Crippen MR) is 73.2 cm³/mol. The van der Waals surface area contributed by atoms with Gasteiger partial charge in [0.25, 0.3) is 0 Å². The second-order valence-electron chi connectivity index (χ2n) is 7.16. The highest BCUT2D eigenvalue weighted by Crippen LogP contribution is 2.65. The molecule has 0 aliphatic heterocycles. The second kappa shape index (κ2) is 4.09. The van der Waals surface area contributed by atoms with E-state index < -0.39 is 0 Å².